The molecule has 0 aromatic heterocycles. The number of hydrogen-bond acceptors (Lipinski definition) is 0. The topological polar surface area (TPSA) is 0 Å². The Balaban J connectivity index is 2.72. The lowest BCUT2D eigenvalue weighted by Gasteiger charge is -2.20. The number of hydrogen-bond donors (Lipinski definition) is 0. The Bertz CT molecular complexity index is 316. The second kappa shape index (κ2) is 5.35. The van der Waals surface area contributed by atoms with Crippen LogP contribution in [0.3, 0.4) is 0 Å². The van der Waals surface area contributed by atoms with Crippen molar-refractivity contribution < 1.29 is 0 Å². The first-order valence-corrected chi connectivity index (χ1v) is 6.96. The fraction of sp³-hybridized carbons (Fsp3) is 0.600. The molecule has 0 aliphatic carbocycles. The quantitative estimate of drug-likeness (QED) is 0.689. The smallest absolute Gasteiger partial charge is 0.0209 e. The van der Waals surface area contributed by atoms with Gasteiger partial charge in [0.2, 0.25) is 0 Å². The van der Waals surface area contributed by atoms with Crippen molar-refractivity contribution in [3.8, 4) is 0 Å². The van der Waals surface area contributed by atoms with Gasteiger partial charge in [-0.15, -0.1) is 0 Å². The van der Waals surface area contributed by atoms with Crippen molar-refractivity contribution in [2.75, 3.05) is 0 Å². The van der Waals surface area contributed by atoms with Gasteiger partial charge in [-0.3, -0.25) is 0 Å². The molecule has 0 fully saturated rings. The van der Waals surface area contributed by atoms with Crippen molar-refractivity contribution in [2.45, 2.75) is 51.3 Å². The maximum Gasteiger partial charge on any atom is 0.0209 e. The average molecular weight is 283 g/mol. The third-order valence-electron chi connectivity index (χ3n) is 2.97. The van der Waals surface area contributed by atoms with Crippen LogP contribution < -0.4 is 0 Å². The molecule has 0 bridgehead atoms. The van der Waals surface area contributed by atoms with Crippen molar-refractivity contribution in [3.63, 3.8) is 0 Å². The minimum absolute atomic E-state index is 0.254. The molecule has 0 spiro atoms. The molecule has 0 aliphatic rings. The van der Waals surface area contributed by atoms with Gasteiger partial charge in [-0.25, -0.2) is 0 Å². The Morgan fingerprint density at radius 1 is 1.06 bits per heavy atom. The maximum absolute atomic E-state index is 3.74. The Morgan fingerprint density at radius 3 is 1.94 bits per heavy atom. The van der Waals surface area contributed by atoms with Crippen LogP contribution in [0.25, 0.3) is 0 Å². The van der Waals surface area contributed by atoms with Gasteiger partial charge in [0.1, 0.15) is 0 Å². The Morgan fingerprint density at radius 2 is 1.56 bits per heavy atom. The standard InChI is InChI=1S/C15H23Br/c1-11(2)14(16)10-12-6-8-13(9-7-12)15(3,4)5/h6-9,11,14H,10H2,1-5H3. The normalized spacial score (nSPS) is 14.2. The highest BCUT2D eigenvalue weighted by Crippen LogP contribution is 2.24. The first-order chi connectivity index (χ1) is 7.30. The summed E-state index contributed by atoms with van der Waals surface area (Å²) in [5, 5.41) is 0. The van der Waals surface area contributed by atoms with Gasteiger partial charge in [0.25, 0.3) is 0 Å². The molecule has 1 aromatic rings. The largest absolute Gasteiger partial charge is 0.0884 e. The SMILES string of the molecule is CC(C)C(Br)Cc1ccc(C(C)(C)C)cc1. The number of benzene rings is 1. The van der Waals surface area contributed by atoms with Gasteiger partial charge >= 0.3 is 0 Å². The molecule has 1 aromatic carbocycles. The van der Waals surface area contributed by atoms with E-state index in [1.165, 1.54) is 11.1 Å². The molecule has 0 heterocycles. The summed E-state index contributed by atoms with van der Waals surface area (Å²) in [7, 11) is 0. The van der Waals surface area contributed by atoms with E-state index >= 15 is 0 Å². The van der Waals surface area contributed by atoms with E-state index in [4.69, 9.17) is 0 Å². The van der Waals surface area contributed by atoms with Crippen LogP contribution in [0.2, 0.25) is 0 Å². The zero-order chi connectivity index (χ0) is 12.3. The van der Waals surface area contributed by atoms with Crippen molar-refractivity contribution in [2.24, 2.45) is 5.92 Å². The Labute approximate surface area is 109 Å². The lowest BCUT2D eigenvalue weighted by Crippen LogP contribution is -2.12. The summed E-state index contributed by atoms with van der Waals surface area (Å²) in [4.78, 5) is 0.577. The van der Waals surface area contributed by atoms with Crippen LogP contribution in [0.5, 0.6) is 0 Å². The van der Waals surface area contributed by atoms with E-state index in [0.29, 0.717) is 10.7 Å². The first kappa shape index (κ1) is 13.8. The summed E-state index contributed by atoms with van der Waals surface area (Å²) < 4.78 is 0. The first-order valence-electron chi connectivity index (χ1n) is 6.04. The van der Waals surface area contributed by atoms with Crippen molar-refractivity contribution in [1.82, 2.24) is 0 Å². The van der Waals surface area contributed by atoms with Crippen LogP contribution in [0.15, 0.2) is 24.3 Å². The van der Waals surface area contributed by atoms with E-state index in [1.54, 1.807) is 0 Å². The van der Waals surface area contributed by atoms with E-state index in [1.807, 2.05) is 0 Å². The molecule has 0 amide bonds. The lowest BCUT2D eigenvalue weighted by atomic mass is 9.86. The summed E-state index contributed by atoms with van der Waals surface area (Å²) >= 11 is 3.74. The molecule has 0 N–H and O–H groups in total. The summed E-state index contributed by atoms with van der Waals surface area (Å²) in [5.74, 6) is 0.683. The molecule has 0 saturated carbocycles. The molecular weight excluding hydrogens is 260 g/mol. The Kier molecular flexibility index (Phi) is 4.61. The molecule has 90 valence electrons. The van der Waals surface area contributed by atoms with Gasteiger partial charge in [-0.2, -0.15) is 0 Å². The molecule has 1 heteroatoms. The van der Waals surface area contributed by atoms with Crippen LogP contribution in [0, 0.1) is 5.92 Å². The zero-order valence-corrected chi connectivity index (χ0v) is 12.6. The molecular formula is C15H23Br. The van der Waals surface area contributed by atoms with E-state index in [0.717, 1.165) is 6.42 Å². The third-order valence-corrected chi connectivity index (χ3v) is 4.36. The molecule has 1 atom stereocenters. The highest BCUT2D eigenvalue weighted by Gasteiger charge is 2.14. The van der Waals surface area contributed by atoms with Gasteiger partial charge in [-0.1, -0.05) is 74.8 Å². The van der Waals surface area contributed by atoms with Gasteiger partial charge in [0.15, 0.2) is 0 Å². The predicted molar refractivity (Wildman–Crippen MR) is 76.4 cm³/mol. The Hall–Kier alpha value is -0.300. The number of alkyl halides is 1. The van der Waals surface area contributed by atoms with Crippen LogP contribution in [-0.2, 0) is 11.8 Å². The maximum atomic E-state index is 3.74. The van der Waals surface area contributed by atoms with E-state index in [2.05, 4.69) is 74.8 Å². The van der Waals surface area contributed by atoms with Crippen LogP contribution in [-0.4, -0.2) is 4.83 Å². The monoisotopic (exact) mass is 282 g/mol. The van der Waals surface area contributed by atoms with Crippen molar-refractivity contribution in [3.05, 3.63) is 35.4 Å². The number of halogens is 1. The highest BCUT2D eigenvalue weighted by atomic mass is 79.9. The molecule has 1 rings (SSSR count). The second-order valence-electron chi connectivity index (χ2n) is 5.91. The molecule has 0 saturated heterocycles. The van der Waals surface area contributed by atoms with Crippen LogP contribution in [0.1, 0.15) is 45.7 Å². The zero-order valence-electron chi connectivity index (χ0n) is 11.0. The summed E-state index contributed by atoms with van der Waals surface area (Å²) in [6.45, 7) is 11.3. The van der Waals surface area contributed by atoms with Gasteiger partial charge in [-0.05, 0) is 28.9 Å². The number of rotatable bonds is 3. The molecule has 0 nitrogen and oxygen atoms in total. The third kappa shape index (κ3) is 3.93. The van der Waals surface area contributed by atoms with Crippen molar-refractivity contribution >= 4 is 15.9 Å². The van der Waals surface area contributed by atoms with Crippen LogP contribution >= 0.6 is 15.9 Å². The molecule has 0 radical (unpaired) electrons. The minimum atomic E-state index is 0.254. The van der Waals surface area contributed by atoms with E-state index < -0.39 is 0 Å². The summed E-state index contributed by atoms with van der Waals surface area (Å²) in [5.41, 5.74) is 3.08. The molecule has 0 aliphatic heterocycles. The van der Waals surface area contributed by atoms with Gasteiger partial charge in [0, 0.05) is 4.83 Å². The van der Waals surface area contributed by atoms with Crippen LogP contribution in [0.4, 0.5) is 0 Å². The second-order valence-corrected chi connectivity index (χ2v) is 7.09. The van der Waals surface area contributed by atoms with E-state index in [9.17, 15) is 0 Å². The fourth-order valence-electron chi connectivity index (χ4n) is 1.60. The van der Waals surface area contributed by atoms with E-state index in [-0.39, 0.29) is 5.41 Å². The van der Waals surface area contributed by atoms with Gasteiger partial charge < -0.3 is 0 Å². The molecule has 1 unspecified atom stereocenters. The fourth-order valence-corrected chi connectivity index (χ4v) is 1.98. The lowest BCUT2D eigenvalue weighted by molar-refractivity contribution is 0.588. The summed E-state index contributed by atoms with van der Waals surface area (Å²) in [6.07, 6.45) is 1.11. The average Bonchev–Trinajstić information content (AvgIpc) is 2.17. The van der Waals surface area contributed by atoms with Gasteiger partial charge in [0.05, 0.1) is 0 Å². The predicted octanol–water partition coefficient (Wildman–Crippen LogP) is 4.95. The van der Waals surface area contributed by atoms with Crippen molar-refractivity contribution in [1.29, 1.82) is 0 Å². The minimum Gasteiger partial charge on any atom is -0.0884 e. The highest BCUT2D eigenvalue weighted by molar-refractivity contribution is 9.09. The summed E-state index contributed by atoms with van der Waals surface area (Å²) in [6, 6.07) is 9.04. The molecule has 16 heavy (non-hydrogen) atoms.